The number of methoxy groups -OCH3 is 1. The van der Waals surface area contributed by atoms with Crippen LogP contribution in [-0.4, -0.2) is 31.7 Å². The van der Waals surface area contributed by atoms with Crippen LogP contribution >= 0.6 is 11.6 Å². The molecule has 1 rings (SSSR count). The van der Waals surface area contributed by atoms with E-state index in [1.54, 1.807) is 19.3 Å². The summed E-state index contributed by atoms with van der Waals surface area (Å²) in [4.78, 5) is 10.4. The molecule has 0 aliphatic carbocycles. The number of hydrogen-bond acceptors (Lipinski definition) is 4. The molecular formula is C12H15ClN2O3. The Morgan fingerprint density at radius 2 is 2.33 bits per heavy atom. The minimum atomic E-state index is -0.422. The smallest absolute Gasteiger partial charge is 0.276 e. The summed E-state index contributed by atoms with van der Waals surface area (Å²) >= 11 is 5.81. The summed E-state index contributed by atoms with van der Waals surface area (Å²) < 4.78 is 4.88. The molecule has 0 aromatic heterocycles. The number of nitro benzene ring substituents is 1. The molecule has 0 saturated heterocycles. The summed E-state index contributed by atoms with van der Waals surface area (Å²) in [5, 5.41) is 14.4. The predicted octanol–water partition coefficient (Wildman–Crippen LogP) is 2.50. The fraction of sp³-hybridized carbons (Fsp3) is 0.333. The molecule has 1 aromatic carbocycles. The summed E-state index contributed by atoms with van der Waals surface area (Å²) in [5.74, 6) is 0. The summed E-state index contributed by atoms with van der Waals surface area (Å²) in [5.41, 5.74) is 0.550. The fourth-order valence-electron chi connectivity index (χ4n) is 1.37. The lowest BCUT2D eigenvalue weighted by atomic mass is 10.1. The highest BCUT2D eigenvalue weighted by molar-refractivity contribution is 6.30. The van der Waals surface area contributed by atoms with Crippen molar-refractivity contribution in [1.82, 2.24) is 5.32 Å². The molecule has 5 nitrogen and oxygen atoms in total. The largest absolute Gasteiger partial charge is 0.383 e. The SMILES string of the molecule is COCCNC/C=C/c1cc(Cl)ccc1[N+](=O)[O-]. The van der Waals surface area contributed by atoms with Crippen molar-refractivity contribution in [3.05, 3.63) is 45.0 Å². The van der Waals surface area contributed by atoms with E-state index < -0.39 is 4.92 Å². The van der Waals surface area contributed by atoms with Gasteiger partial charge in [-0.3, -0.25) is 10.1 Å². The van der Waals surface area contributed by atoms with Crippen LogP contribution in [-0.2, 0) is 4.74 Å². The second-order valence-corrected chi connectivity index (χ2v) is 4.00. The first-order valence-electron chi connectivity index (χ1n) is 5.45. The van der Waals surface area contributed by atoms with Crippen LogP contribution in [0.25, 0.3) is 6.08 Å². The Kier molecular flexibility index (Phi) is 6.35. The first-order valence-corrected chi connectivity index (χ1v) is 5.83. The molecule has 1 aromatic rings. The van der Waals surface area contributed by atoms with Crippen molar-refractivity contribution in [3.8, 4) is 0 Å². The maximum Gasteiger partial charge on any atom is 0.276 e. The molecule has 98 valence electrons. The number of nitro groups is 1. The summed E-state index contributed by atoms with van der Waals surface area (Å²) in [6.45, 7) is 1.98. The molecule has 6 heteroatoms. The van der Waals surface area contributed by atoms with Crippen molar-refractivity contribution in [1.29, 1.82) is 0 Å². The van der Waals surface area contributed by atoms with E-state index in [0.717, 1.165) is 6.54 Å². The molecule has 0 bridgehead atoms. The predicted molar refractivity (Wildman–Crippen MR) is 71.9 cm³/mol. The Bertz CT molecular complexity index is 435. The first-order chi connectivity index (χ1) is 8.65. The molecule has 0 unspecified atom stereocenters. The van der Waals surface area contributed by atoms with E-state index in [0.29, 0.717) is 23.7 Å². The van der Waals surface area contributed by atoms with Crippen LogP contribution in [0.4, 0.5) is 5.69 Å². The minimum Gasteiger partial charge on any atom is -0.383 e. The van der Waals surface area contributed by atoms with E-state index in [2.05, 4.69) is 5.32 Å². The summed E-state index contributed by atoms with van der Waals surface area (Å²) in [7, 11) is 1.63. The van der Waals surface area contributed by atoms with Crippen LogP contribution in [0.3, 0.4) is 0 Å². The highest BCUT2D eigenvalue weighted by Gasteiger charge is 2.10. The van der Waals surface area contributed by atoms with Crippen molar-refractivity contribution >= 4 is 23.4 Å². The molecule has 0 aliphatic heterocycles. The third-order valence-electron chi connectivity index (χ3n) is 2.23. The van der Waals surface area contributed by atoms with Crippen LogP contribution in [0.2, 0.25) is 5.02 Å². The molecule has 0 aliphatic rings. The van der Waals surface area contributed by atoms with Crippen molar-refractivity contribution < 1.29 is 9.66 Å². The van der Waals surface area contributed by atoms with Crippen molar-refractivity contribution in [2.45, 2.75) is 0 Å². The third kappa shape index (κ3) is 4.83. The number of rotatable bonds is 7. The van der Waals surface area contributed by atoms with E-state index in [9.17, 15) is 10.1 Å². The highest BCUT2D eigenvalue weighted by Crippen LogP contribution is 2.23. The molecule has 0 spiro atoms. The molecule has 0 heterocycles. The van der Waals surface area contributed by atoms with Gasteiger partial charge in [-0.2, -0.15) is 0 Å². The molecule has 18 heavy (non-hydrogen) atoms. The van der Waals surface area contributed by atoms with Crippen LogP contribution in [0.5, 0.6) is 0 Å². The number of nitrogens with one attached hydrogen (secondary N) is 1. The molecule has 0 fully saturated rings. The molecule has 0 atom stereocenters. The van der Waals surface area contributed by atoms with Gasteiger partial charge in [-0.05, 0) is 12.1 Å². The number of halogens is 1. The van der Waals surface area contributed by atoms with Crippen LogP contribution in [0, 0.1) is 10.1 Å². The van der Waals surface area contributed by atoms with E-state index in [-0.39, 0.29) is 5.69 Å². The normalized spacial score (nSPS) is 11.0. The Morgan fingerprint density at radius 3 is 3.00 bits per heavy atom. The van der Waals surface area contributed by atoms with Gasteiger partial charge in [0.05, 0.1) is 17.1 Å². The van der Waals surface area contributed by atoms with Gasteiger partial charge in [-0.25, -0.2) is 0 Å². The van der Waals surface area contributed by atoms with Gasteiger partial charge in [0.15, 0.2) is 0 Å². The van der Waals surface area contributed by atoms with Crippen molar-refractivity contribution in [2.75, 3.05) is 26.8 Å². The van der Waals surface area contributed by atoms with Crippen molar-refractivity contribution in [3.63, 3.8) is 0 Å². The van der Waals surface area contributed by atoms with E-state index >= 15 is 0 Å². The van der Waals surface area contributed by atoms with Gasteiger partial charge in [0.1, 0.15) is 0 Å². The highest BCUT2D eigenvalue weighted by atomic mass is 35.5. The maximum absolute atomic E-state index is 10.8. The number of ether oxygens (including phenoxy) is 1. The second-order valence-electron chi connectivity index (χ2n) is 3.56. The minimum absolute atomic E-state index is 0.0486. The quantitative estimate of drug-likeness (QED) is 0.470. The second kappa shape index (κ2) is 7.81. The number of hydrogen-bond donors (Lipinski definition) is 1. The molecule has 0 amide bonds. The zero-order valence-electron chi connectivity index (χ0n) is 10.1. The zero-order valence-corrected chi connectivity index (χ0v) is 10.8. The molecule has 0 radical (unpaired) electrons. The van der Waals surface area contributed by atoms with Crippen LogP contribution in [0.1, 0.15) is 5.56 Å². The van der Waals surface area contributed by atoms with Gasteiger partial charge in [-0.15, -0.1) is 0 Å². The lowest BCUT2D eigenvalue weighted by molar-refractivity contribution is -0.385. The van der Waals surface area contributed by atoms with E-state index in [1.165, 1.54) is 12.1 Å². The van der Waals surface area contributed by atoms with E-state index in [1.807, 2.05) is 6.08 Å². The average molecular weight is 271 g/mol. The maximum atomic E-state index is 10.8. The van der Waals surface area contributed by atoms with Gasteiger partial charge >= 0.3 is 0 Å². The van der Waals surface area contributed by atoms with E-state index in [4.69, 9.17) is 16.3 Å². The Labute approximate surface area is 111 Å². The number of nitrogens with zero attached hydrogens (tertiary/aromatic N) is 1. The Morgan fingerprint density at radius 1 is 1.56 bits per heavy atom. The van der Waals surface area contributed by atoms with Crippen molar-refractivity contribution in [2.24, 2.45) is 0 Å². The summed E-state index contributed by atoms with van der Waals surface area (Å²) in [6, 6.07) is 4.49. The topological polar surface area (TPSA) is 64.4 Å². The fourth-order valence-corrected chi connectivity index (χ4v) is 1.55. The zero-order chi connectivity index (χ0) is 13.4. The molecular weight excluding hydrogens is 256 g/mol. The van der Waals surface area contributed by atoms with Crippen LogP contribution in [0.15, 0.2) is 24.3 Å². The Hall–Kier alpha value is -1.43. The molecule has 0 saturated carbocycles. The molecule has 1 N–H and O–H groups in total. The number of benzene rings is 1. The Balaban J connectivity index is 2.62. The van der Waals surface area contributed by atoms with Crippen LogP contribution < -0.4 is 5.32 Å². The van der Waals surface area contributed by atoms with Gasteiger partial charge in [0, 0.05) is 31.3 Å². The average Bonchev–Trinajstić information content (AvgIpc) is 2.33. The third-order valence-corrected chi connectivity index (χ3v) is 2.46. The van der Waals surface area contributed by atoms with Gasteiger partial charge in [0.2, 0.25) is 0 Å². The standard InChI is InChI=1S/C12H15ClN2O3/c1-18-8-7-14-6-2-3-10-9-11(13)4-5-12(10)15(16)17/h2-5,9,14H,6-8H2,1H3/b3-2+. The summed E-state index contributed by atoms with van der Waals surface area (Å²) in [6.07, 6.45) is 3.50. The monoisotopic (exact) mass is 270 g/mol. The lowest BCUT2D eigenvalue weighted by Gasteiger charge is -2.00. The first kappa shape index (κ1) is 14.6. The van der Waals surface area contributed by atoms with Gasteiger partial charge in [0.25, 0.3) is 5.69 Å². The van der Waals surface area contributed by atoms with Gasteiger partial charge in [-0.1, -0.05) is 23.8 Å². The van der Waals surface area contributed by atoms with Gasteiger partial charge < -0.3 is 10.1 Å². The lowest BCUT2D eigenvalue weighted by Crippen LogP contribution is -2.18.